The number of para-hydroxylation sites is 2. The molecule has 18 heavy (non-hydrogen) atoms. The Balaban J connectivity index is 2.53. The third kappa shape index (κ3) is 4.52. The smallest absolute Gasteiger partial charge is 0.397 e. The van der Waals surface area contributed by atoms with Crippen LogP contribution in [0.2, 0.25) is 0 Å². The molecule has 0 heterocycles. The first-order valence-corrected chi connectivity index (χ1v) is 5.18. The van der Waals surface area contributed by atoms with Crippen molar-refractivity contribution in [3.63, 3.8) is 0 Å². The van der Waals surface area contributed by atoms with Gasteiger partial charge in [0.2, 0.25) is 5.91 Å². The van der Waals surface area contributed by atoms with Crippen LogP contribution in [0, 0.1) is 0 Å². The van der Waals surface area contributed by atoms with Crippen LogP contribution in [0.4, 0.5) is 24.5 Å². The van der Waals surface area contributed by atoms with E-state index in [0.717, 1.165) is 0 Å². The lowest BCUT2D eigenvalue weighted by Crippen LogP contribution is -2.40. The average Bonchev–Trinajstić information content (AvgIpc) is 2.26. The van der Waals surface area contributed by atoms with E-state index in [9.17, 15) is 18.0 Å². The van der Waals surface area contributed by atoms with E-state index < -0.39 is 18.6 Å². The Kier molecular flexibility index (Phi) is 4.41. The molecule has 0 bridgehead atoms. The second kappa shape index (κ2) is 5.61. The zero-order valence-electron chi connectivity index (χ0n) is 9.79. The lowest BCUT2D eigenvalue weighted by molar-refractivity contribution is -0.137. The van der Waals surface area contributed by atoms with Crippen molar-refractivity contribution in [1.29, 1.82) is 0 Å². The largest absolute Gasteiger partial charge is 0.405 e. The Morgan fingerprint density at radius 3 is 2.56 bits per heavy atom. The van der Waals surface area contributed by atoms with Gasteiger partial charge in [-0.3, -0.25) is 4.79 Å². The summed E-state index contributed by atoms with van der Waals surface area (Å²) in [5.41, 5.74) is 6.75. The molecular formula is C11H14F3N3O. The van der Waals surface area contributed by atoms with Crippen molar-refractivity contribution < 1.29 is 18.0 Å². The zero-order chi connectivity index (χ0) is 13.8. The van der Waals surface area contributed by atoms with Gasteiger partial charge in [-0.25, -0.2) is 0 Å². The number of halogens is 3. The van der Waals surface area contributed by atoms with Gasteiger partial charge in [0.1, 0.15) is 6.54 Å². The SMILES string of the molecule is CN(CC(=O)NCC(F)(F)F)c1ccccc1N. The Morgan fingerprint density at radius 2 is 2.00 bits per heavy atom. The van der Waals surface area contributed by atoms with E-state index in [-0.39, 0.29) is 6.54 Å². The number of nitrogens with two attached hydrogens (primary N) is 1. The second-order valence-corrected chi connectivity index (χ2v) is 3.81. The molecule has 100 valence electrons. The number of rotatable bonds is 4. The van der Waals surface area contributed by atoms with E-state index in [2.05, 4.69) is 0 Å². The number of anilines is 2. The molecule has 0 saturated carbocycles. The molecule has 4 nitrogen and oxygen atoms in total. The van der Waals surface area contributed by atoms with Crippen LogP contribution < -0.4 is 16.0 Å². The average molecular weight is 261 g/mol. The summed E-state index contributed by atoms with van der Waals surface area (Å²) in [6.45, 7) is -1.52. The topological polar surface area (TPSA) is 58.4 Å². The Hall–Kier alpha value is -1.92. The predicted molar refractivity (Wildman–Crippen MR) is 63.2 cm³/mol. The third-order valence-corrected chi connectivity index (χ3v) is 2.21. The molecule has 0 aliphatic rings. The summed E-state index contributed by atoms with van der Waals surface area (Å²) in [6.07, 6.45) is -4.40. The fourth-order valence-corrected chi connectivity index (χ4v) is 1.39. The molecule has 1 aromatic rings. The van der Waals surface area contributed by atoms with Crippen molar-refractivity contribution >= 4 is 17.3 Å². The normalized spacial score (nSPS) is 11.1. The van der Waals surface area contributed by atoms with Gasteiger partial charge in [0.15, 0.2) is 0 Å². The summed E-state index contributed by atoms with van der Waals surface area (Å²) in [7, 11) is 1.58. The van der Waals surface area contributed by atoms with Gasteiger partial charge < -0.3 is 16.0 Å². The van der Waals surface area contributed by atoms with Gasteiger partial charge in [-0.15, -0.1) is 0 Å². The first-order valence-electron chi connectivity index (χ1n) is 5.18. The highest BCUT2D eigenvalue weighted by Crippen LogP contribution is 2.20. The highest BCUT2D eigenvalue weighted by atomic mass is 19.4. The van der Waals surface area contributed by atoms with E-state index >= 15 is 0 Å². The third-order valence-electron chi connectivity index (χ3n) is 2.21. The lowest BCUT2D eigenvalue weighted by atomic mass is 10.2. The van der Waals surface area contributed by atoms with Crippen molar-refractivity contribution in [1.82, 2.24) is 5.32 Å². The Morgan fingerprint density at radius 1 is 1.39 bits per heavy atom. The second-order valence-electron chi connectivity index (χ2n) is 3.81. The number of nitrogens with one attached hydrogen (secondary N) is 1. The molecule has 0 fully saturated rings. The molecular weight excluding hydrogens is 247 g/mol. The quantitative estimate of drug-likeness (QED) is 0.805. The van der Waals surface area contributed by atoms with Crippen LogP contribution in [-0.4, -0.2) is 32.2 Å². The standard InChI is InChI=1S/C11H14F3N3O/c1-17(9-5-3-2-4-8(9)15)6-10(18)16-7-11(12,13)14/h2-5H,6-7,15H2,1H3,(H,16,18). The maximum atomic E-state index is 11.9. The number of nitrogens with zero attached hydrogens (tertiary/aromatic N) is 1. The molecule has 0 spiro atoms. The fraction of sp³-hybridized carbons (Fsp3) is 0.364. The number of benzene rings is 1. The van der Waals surface area contributed by atoms with Gasteiger partial charge in [0.05, 0.1) is 17.9 Å². The van der Waals surface area contributed by atoms with Crippen molar-refractivity contribution in [2.75, 3.05) is 30.8 Å². The molecule has 1 rings (SSSR count). The van der Waals surface area contributed by atoms with E-state index in [4.69, 9.17) is 5.73 Å². The van der Waals surface area contributed by atoms with Crippen LogP contribution >= 0.6 is 0 Å². The molecule has 0 aliphatic carbocycles. The highest BCUT2D eigenvalue weighted by Gasteiger charge is 2.27. The lowest BCUT2D eigenvalue weighted by Gasteiger charge is -2.20. The molecule has 3 N–H and O–H groups in total. The van der Waals surface area contributed by atoms with Crippen LogP contribution in [-0.2, 0) is 4.79 Å². The van der Waals surface area contributed by atoms with Gasteiger partial charge in [-0.2, -0.15) is 13.2 Å². The van der Waals surface area contributed by atoms with E-state index in [1.165, 1.54) is 4.90 Å². The van der Waals surface area contributed by atoms with Crippen molar-refractivity contribution in [2.24, 2.45) is 0 Å². The summed E-state index contributed by atoms with van der Waals surface area (Å²) in [5, 5.41) is 1.80. The maximum Gasteiger partial charge on any atom is 0.405 e. The van der Waals surface area contributed by atoms with Crippen LogP contribution in [0.3, 0.4) is 0 Å². The molecule has 0 aromatic heterocycles. The van der Waals surface area contributed by atoms with Crippen LogP contribution in [0.1, 0.15) is 0 Å². The summed E-state index contributed by atoms with van der Waals surface area (Å²) in [4.78, 5) is 12.8. The number of hydrogen-bond acceptors (Lipinski definition) is 3. The summed E-state index contributed by atoms with van der Waals surface area (Å²) in [5.74, 6) is -0.710. The number of amides is 1. The molecule has 7 heteroatoms. The minimum atomic E-state index is -4.40. The van der Waals surface area contributed by atoms with Gasteiger partial charge in [-0.1, -0.05) is 12.1 Å². The molecule has 0 saturated heterocycles. The zero-order valence-corrected chi connectivity index (χ0v) is 9.79. The Labute approximate surface area is 103 Å². The summed E-state index contributed by atoms with van der Waals surface area (Å²) < 4.78 is 35.7. The number of nitrogen functional groups attached to an aromatic ring is 1. The first-order chi connectivity index (χ1) is 8.29. The predicted octanol–water partition coefficient (Wildman–Crippen LogP) is 1.38. The molecule has 0 aliphatic heterocycles. The van der Waals surface area contributed by atoms with Crippen LogP contribution in [0.5, 0.6) is 0 Å². The minimum absolute atomic E-state index is 0.190. The molecule has 0 unspecified atom stereocenters. The van der Waals surface area contributed by atoms with Gasteiger partial charge in [0, 0.05) is 7.05 Å². The van der Waals surface area contributed by atoms with Crippen LogP contribution in [0.25, 0.3) is 0 Å². The Bertz CT molecular complexity index is 420. The minimum Gasteiger partial charge on any atom is -0.397 e. The highest BCUT2D eigenvalue weighted by molar-refractivity contribution is 5.82. The molecule has 0 atom stereocenters. The van der Waals surface area contributed by atoms with E-state index in [1.807, 2.05) is 0 Å². The monoisotopic (exact) mass is 261 g/mol. The van der Waals surface area contributed by atoms with E-state index in [1.54, 1.807) is 36.6 Å². The molecule has 1 aromatic carbocycles. The summed E-state index contributed by atoms with van der Waals surface area (Å²) >= 11 is 0. The first kappa shape index (κ1) is 14.1. The van der Waals surface area contributed by atoms with Gasteiger partial charge in [0.25, 0.3) is 0 Å². The van der Waals surface area contributed by atoms with Crippen molar-refractivity contribution in [3.8, 4) is 0 Å². The fourth-order valence-electron chi connectivity index (χ4n) is 1.39. The number of hydrogen-bond donors (Lipinski definition) is 2. The number of carbonyl (C=O) groups excluding carboxylic acids is 1. The summed E-state index contributed by atoms with van der Waals surface area (Å²) in [6, 6.07) is 6.80. The van der Waals surface area contributed by atoms with E-state index in [0.29, 0.717) is 11.4 Å². The maximum absolute atomic E-state index is 11.9. The van der Waals surface area contributed by atoms with Crippen molar-refractivity contribution in [3.05, 3.63) is 24.3 Å². The van der Waals surface area contributed by atoms with Crippen molar-refractivity contribution in [2.45, 2.75) is 6.18 Å². The number of likely N-dealkylation sites (N-methyl/N-ethyl adjacent to an activating group) is 1. The molecule has 1 amide bonds. The molecule has 0 radical (unpaired) electrons. The van der Waals surface area contributed by atoms with Gasteiger partial charge >= 0.3 is 6.18 Å². The van der Waals surface area contributed by atoms with Crippen LogP contribution in [0.15, 0.2) is 24.3 Å². The van der Waals surface area contributed by atoms with Gasteiger partial charge in [-0.05, 0) is 12.1 Å². The number of alkyl halides is 3. The number of carbonyl (C=O) groups is 1.